The molecule has 0 spiro atoms. The highest BCUT2D eigenvalue weighted by atomic mass is 16.4. The van der Waals surface area contributed by atoms with Crippen molar-refractivity contribution in [3.8, 4) is 0 Å². The van der Waals surface area contributed by atoms with Gasteiger partial charge < -0.3 is 5.21 Å². The Bertz CT molecular complexity index is 636. The van der Waals surface area contributed by atoms with Gasteiger partial charge in [-0.1, -0.05) is 29.4 Å². The molecule has 0 saturated heterocycles. The Hall–Kier alpha value is -2.69. The summed E-state index contributed by atoms with van der Waals surface area (Å²) in [6.07, 6.45) is 1.50. The molecule has 0 bridgehead atoms. The molecule has 0 atom stereocenters. The number of imide groups is 1. The Balaban J connectivity index is 2.45. The number of nitrogens with one attached hydrogen (secondary N) is 1. The minimum Gasteiger partial charge on any atom is -0.357 e. The van der Waals surface area contributed by atoms with Crippen LogP contribution < -0.4 is 5.16 Å². The van der Waals surface area contributed by atoms with Gasteiger partial charge in [-0.05, 0) is 31.6 Å². The van der Waals surface area contributed by atoms with Gasteiger partial charge in [0.1, 0.15) is 0 Å². The van der Waals surface area contributed by atoms with Crippen molar-refractivity contribution in [3.63, 3.8) is 0 Å². The van der Waals surface area contributed by atoms with E-state index in [0.29, 0.717) is 11.1 Å². The second kappa shape index (κ2) is 5.13. The van der Waals surface area contributed by atoms with Crippen LogP contribution in [0.1, 0.15) is 34.6 Å². The summed E-state index contributed by atoms with van der Waals surface area (Å²) in [5, 5.41) is 11.1. The van der Waals surface area contributed by atoms with E-state index in [0.717, 1.165) is 16.0 Å². The van der Waals surface area contributed by atoms with Crippen molar-refractivity contribution in [1.82, 2.24) is 4.90 Å². The highest BCUT2D eigenvalue weighted by Crippen LogP contribution is 2.22. The van der Waals surface area contributed by atoms with Crippen LogP contribution in [-0.2, 0) is 0 Å². The quantitative estimate of drug-likeness (QED) is 0.207. The largest absolute Gasteiger partial charge is 0.357 e. The Morgan fingerprint density at radius 3 is 2.10 bits per heavy atom. The molecular formula is C15H15N2O3+. The van der Waals surface area contributed by atoms with Crippen molar-refractivity contribution >= 4 is 17.6 Å². The topological polar surface area (TPSA) is 71.6 Å². The smallest absolute Gasteiger partial charge is 0.350 e. The minimum atomic E-state index is -0.465. The molecule has 5 heteroatoms. The van der Waals surface area contributed by atoms with Gasteiger partial charge in [0.05, 0.1) is 11.1 Å². The van der Waals surface area contributed by atoms with Gasteiger partial charge in [0.2, 0.25) is 0 Å². The number of hydrogen-bond donors (Lipinski definition) is 2. The van der Waals surface area contributed by atoms with Gasteiger partial charge >= 0.3 is 17.6 Å². The fourth-order valence-corrected chi connectivity index (χ4v) is 1.88. The molecular weight excluding hydrogens is 256 g/mol. The zero-order valence-corrected chi connectivity index (χ0v) is 11.3. The third-order valence-electron chi connectivity index (χ3n) is 3.18. The summed E-state index contributed by atoms with van der Waals surface area (Å²) in [6.45, 7) is 7.34. The molecule has 0 fully saturated rings. The summed E-state index contributed by atoms with van der Waals surface area (Å²) in [5.41, 5.74) is 2.17. The first kappa shape index (κ1) is 13.7. The van der Waals surface area contributed by atoms with Crippen LogP contribution in [0.15, 0.2) is 48.1 Å². The number of fused-ring (bicyclic) bond motifs is 1. The van der Waals surface area contributed by atoms with Crippen molar-refractivity contribution in [1.29, 1.82) is 0 Å². The van der Waals surface area contributed by atoms with Gasteiger partial charge in [0.25, 0.3) is 0 Å². The van der Waals surface area contributed by atoms with E-state index in [2.05, 4.69) is 6.58 Å². The van der Waals surface area contributed by atoms with Crippen molar-refractivity contribution in [2.75, 3.05) is 0 Å². The molecule has 1 aromatic carbocycles. The van der Waals surface area contributed by atoms with Gasteiger partial charge in [-0.15, -0.1) is 4.90 Å². The molecule has 0 unspecified atom stereocenters. The average molecular weight is 271 g/mol. The van der Waals surface area contributed by atoms with E-state index in [1.165, 1.54) is 6.08 Å². The lowest BCUT2D eigenvalue weighted by Crippen LogP contribution is -2.73. The molecule has 2 amide bonds. The molecule has 0 saturated carbocycles. The second-order valence-corrected chi connectivity index (χ2v) is 4.60. The number of rotatable bonds is 2. The van der Waals surface area contributed by atoms with E-state index in [-0.39, 0.29) is 5.84 Å². The maximum Gasteiger partial charge on any atom is 0.350 e. The van der Waals surface area contributed by atoms with Crippen LogP contribution in [0.5, 0.6) is 0 Å². The number of nitrogens with zero attached hydrogens (tertiary/aromatic N) is 1. The first-order valence-electron chi connectivity index (χ1n) is 6.06. The van der Waals surface area contributed by atoms with E-state index < -0.39 is 11.8 Å². The second-order valence-electron chi connectivity index (χ2n) is 4.60. The molecule has 0 aliphatic carbocycles. The Morgan fingerprint density at radius 1 is 1.20 bits per heavy atom. The molecule has 0 radical (unpaired) electrons. The predicted octanol–water partition coefficient (Wildman–Crippen LogP) is 0.673. The van der Waals surface area contributed by atoms with Gasteiger partial charge in [0, 0.05) is 6.08 Å². The fourth-order valence-electron chi connectivity index (χ4n) is 1.88. The highest BCUT2D eigenvalue weighted by molar-refractivity contribution is 6.30. The number of carbonyl (C=O) groups excluding carboxylic acids is 2. The van der Waals surface area contributed by atoms with Crippen molar-refractivity contribution < 1.29 is 20.0 Å². The van der Waals surface area contributed by atoms with Crippen LogP contribution in [0.25, 0.3) is 0 Å². The van der Waals surface area contributed by atoms with E-state index >= 15 is 0 Å². The fraction of sp³-hybridized carbons (Fsp3) is 0.133. The van der Waals surface area contributed by atoms with Crippen molar-refractivity contribution in [3.05, 3.63) is 59.2 Å². The third-order valence-corrected chi connectivity index (χ3v) is 3.18. The zero-order chi connectivity index (χ0) is 14.9. The van der Waals surface area contributed by atoms with Crippen LogP contribution in [0.2, 0.25) is 0 Å². The Kier molecular flexibility index (Phi) is 3.52. The Morgan fingerprint density at radius 2 is 1.70 bits per heavy atom. The summed E-state index contributed by atoms with van der Waals surface area (Å²) < 4.78 is 0. The van der Waals surface area contributed by atoms with Gasteiger partial charge in [-0.2, -0.15) is 0 Å². The lowest BCUT2D eigenvalue weighted by molar-refractivity contribution is -0.739. The standard InChI is InChI=1S/C15H14N2O3/c1-9(2)10(3)8-13(16-20)17-14(18)11-6-4-5-7-12(11)15(17)19/h4-8,20H,1H2,2-3H3/p+1/b10-8-,16-13-. The average Bonchev–Trinajstić information content (AvgIpc) is 2.69. The first-order valence-corrected chi connectivity index (χ1v) is 6.06. The highest BCUT2D eigenvalue weighted by Gasteiger charge is 2.45. The summed E-state index contributed by atoms with van der Waals surface area (Å²) in [6, 6.07) is 6.54. The van der Waals surface area contributed by atoms with E-state index in [4.69, 9.17) is 0 Å². The van der Waals surface area contributed by atoms with E-state index in [1.807, 2.05) is 5.16 Å². The summed E-state index contributed by atoms with van der Waals surface area (Å²) in [5.74, 6) is -0.919. The van der Waals surface area contributed by atoms with Crippen molar-refractivity contribution in [2.45, 2.75) is 13.8 Å². The van der Waals surface area contributed by atoms with Gasteiger partial charge in [-0.3, -0.25) is 0 Å². The van der Waals surface area contributed by atoms with Crippen LogP contribution >= 0.6 is 0 Å². The molecule has 2 N–H and O–H groups in total. The minimum absolute atomic E-state index is 0.0108. The molecule has 1 aliphatic rings. The molecule has 1 aliphatic heterocycles. The lowest BCUT2D eigenvalue weighted by atomic mass is 10.1. The molecule has 20 heavy (non-hydrogen) atoms. The normalized spacial score (nSPS) is 15.6. The molecule has 5 nitrogen and oxygen atoms in total. The number of amidine groups is 1. The molecule has 102 valence electrons. The number of benzene rings is 1. The lowest BCUT2D eigenvalue weighted by Gasteiger charge is -2.05. The first-order chi connectivity index (χ1) is 9.47. The molecule has 1 aromatic rings. The maximum absolute atomic E-state index is 12.2. The number of carbonyl (C=O) groups is 2. The molecule has 1 heterocycles. The van der Waals surface area contributed by atoms with E-state index in [9.17, 15) is 14.8 Å². The summed E-state index contributed by atoms with van der Waals surface area (Å²) in [4.78, 5) is 25.4. The van der Waals surface area contributed by atoms with Gasteiger partial charge in [0.15, 0.2) is 0 Å². The summed E-state index contributed by atoms with van der Waals surface area (Å²) >= 11 is 0. The summed E-state index contributed by atoms with van der Waals surface area (Å²) in [7, 11) is 0. The van der Waals surface area contributed by atoms with Crippen LogP contribution in [0.3, 0.4) is 0 Å². The Labute approximate surface area is 116 Å². The van der Waals surface area contributed by atoms with Gasteiger partial charge in [-0.25, -0.2) is 9.59 Å². The zero-order valence-electron chi connectivity index (χ0n) is 11.3. The predicted molar refractivity (Wildman–Crippen MR) is 73.3 cm³/mol. The third kappa shape index (κ3) is 2.14. The van der Waals surface area contributed by atoms with E-state index in [1.54, 1.807) is 38.1 Å². The van der Waals surface area contributed by atoms with Crippen LogP contribution in [-0.4, -0.2) is 27.8 Å². The SMILES string of the molecule is C=C(C)/C(C)=C\C(=[NH+]\O)N1C(=O)c2ccccc2C1=O. The van der Waals surface area contributed by atoms with Crippen LogP contribution in [0, 0.1) is 0 Å². The monoisotopic (exact) mass is 271 g/mol. The number of amides is 2. The molecule has 0 aromatic heterocycles. The maximum atomic E-state index is 12.2. The van der Waals surface area contributed by atoms with Crippen molar-refractivity contribution in [2.24, 2.45) is 0 Å². The number of allylic oxidation sites excluding steroid dienone is 2. The number of hydrogen-bond acceptors (Lipinski definition) is 3. The van der Waals surface area contributed by atoms with Crippen LogP contribution in [0.4, 0.5) is 0 Å². The molecule has 2 rings (SSSR count).